The van der Waals surface area contributed by atoms with Gasteiger partial charge < -0.3 is 20.9 Å². The van der Waals surface area contributed by atoms with Crippen molar-refractivity contribution in [1.82, 2.24) is 0 Å². The van der Waals surface area contributed by atoms with Gasteiger partial charge in [0.1, 0.15) is 5.00 Å². The van der Waals surface area contributed by atoms with Gasteiger partial charge in [-0.3, -0.25) is 4.79 Å². The SMILES string of the molecule is CC(C)(O)CNc1sc2c(c1C(N)=O)CC(C)(C)OC2(C)C. The Balaban J connectivity index is 2.50. The highest BCUT2D eigenvalue weighted by Crippen LogP contribution is 2.48. The Labute approximate surface area is 135 Å². The Hall–Kier alpha value is -1.11. The predicted molar refractivity (Wildman–Crippen MR) is 89.5 cm³/mol. The topological polar surface area (TPSA) is 84.6 Å². The first-order valence-electron chi connectivity index (χ1n) is 7.45. The molecule has 0 fully saturated rings. The Kier molecular flexibility index (Phi) is 4.09. The predicted octanol–water partition coefficient (Wildman–Crippen LogP) is 2.62. The number of anilines is 1. The van der Waals surface area contributed by atoms with Crippen LogP contribution in [0.3, 0.4) is 0 Å². The zero-order chi connectivity index (χ0) is 16.9. The second-order valence-electron chi connectivity index (χ2n) is 7.69. The fourth-order valence-electron chi connectivity index (χ4n) is 3.00. The van der Waals surface area contributed by atoms with Crippen LogP contribution in [0.4, 0.5) is 5.00 Å². The first-order valence-corrected chi connectivity index (χ1v) is 8.26. The average Bonchev–Trinajstić information content (AvgIpc) is 2.61. The minimum absolute atomic E-state index is 0.345. The van der Waals surface area contributed by atoms with Crippen LogP contribution in [0.15, 0.2) is 0 Å². The maximum absolute atomic E-state index is 12.0. The molecule has 1 aliphatic rings. The summed E-state index contributed by atoms with van der Waals surface area (Å²) in [5.74, 6) is -0.441. The van der Waals surface area contributed by atoms with Gasteiger partial charge >= 0.3 is 0 Å². The third-order valence-corrected chi connectivity index (χ3v) is 5.11. The van der Waals surface area contributed by atoms with E-state index < -0.39 is 17.1 Å². The molecule has 22 heavy (non-hydrogen) atoms. The third-order valence-electron chi connectivity index (χ3n) is 3.62. The van der Waals surface area contributed by atoms with Gasteiger partial charge in [0.25, 0.3) is 5.91 Å². The van der Waals surface area contributed by atoms with Crippen molar-refractivity contribution < 1.29 is 14.6 Å². The molecule has 0 bridgehead atoms. The number of thiophene rings is 1. The number of hydrogen-bond acceptors (Lipinski definition) is 5. The van der Waals surface area contributed by atoms with Crippen molar-refractivity contribution in [3.8, 4) is 0 Å². The van der Waals surface area contributed by atoms with E-state index in [0.29, 0.717) is 23.5 Å². The normalized spacial score (nSPS) is 19.6. The molecule has 1 amide bonds. The van der Waals surface area contributed by atoms with Gasteiger partial charge in [0.05, 0.1) is 22.4 Å². The van der Waals surface area contributed by atoms with Crippen LogP contribution >= 0.6 is 11.3 Å². The summed E-state index contributed by atoms with van der Waals surface area (Å²) >= 11 is 1.49. The fraction of sp³-hybridized carbons (Fsp3) is 0.688. The lowest BCUT2D eigenvalue weighted by molar-refractivity contribution is -0.135. The van der Waals surface area contributed by atoms with Crippen LogP contribution in [0.25, 0.3) is 0 Å². The van der Waals surface area contributed by atoms with E-state index in [1.165, 1.54) is 11.3 Å². The summed E-state index contributed by atoms with van der Waals surface area (Å²) in [5.41, 5.74) is 5.44. The van der Waals surface area contributed by atoms with E-state index in [2.05, 4.69) is 5.32 Å². The molecule has 1 aromatic rings. The molecule has 0 saturated carbocycles. The number of carbonyl (C=O) groups is 1. The number of amides is 1. The third kappa shape index (κ3) is 3.45. The molecule has 0 spiro atoms. The minimum Gasteiger partial charge on any atom is -0.389 e. The van der Waals surface area contributed by atoms with E-state index in [1.54, 1.807) is 13.8 Å². The van der Waals surface area contributed by atoms with E-state index in [1.807, 2.05) is 27.7 Å². The highest BCUT2D eigenvalue weighted by molar-refractivity contribution is 7.17. The van der Waals surface area contributed by atoms with Gasteiger partial charge in [0.15, 0.2) is 0 Å². The number of rotatable bonds is 4. The summed E-state index contributed by atoms with van der Waals surface area (Å²) in [6, 6.07) is 0. The lowest BCUT2D eigenvalue weighted by Gasteiger charge is -2.41. The Morgan fingerprint density at radius 3 is 2.50 bits per heavy atom. The second kappa shape index (κ2) is 5.22. The number of nitrogens with one attached hydrogen (secondary N) is 1. The molecule has 0 unspecified atom stereocenters. The highest BCUT2D eigenvalue weighted by atomic mass is 32.1. The lowest BCUT2D eigenvalue weighted by Crippen LogP contribution is -2.42. The first kappa shape index (κ1) is 17.2. The number of carbonyl (C=O) groups excluding carboxylic acids is 1. The smallest absolute Gasteiger partial charge is 0.251 e. The molecule has 0 aromatic carbocycles. The van der Waals surface area contributed by atoms with Crippen LogP contribution in [0.2, 0.25) is 0 Å². The fourth-order valence-corrected chi connectivity index (χ4v) is 4.26. The molecule has 0 radical (unpaired) electrons. The van der Waals surface area contributed by atoms with Crippen LogP contribution < -0.4 is 11.1 Å². The number of nitrogens with two attached hydrogens (primary N) is 1. The van der Waals surface area contributed by atoms with Crippen molar-refractivity contribution in [3.63, 3.8) is 0 Å². The standard InChI is InChI=1S/C16H26N2O3S/c1-14(2,20)8-18-13-10(12(17)19)9-7-15(3,4)21-16(5,6)11(9)22-13/h18,20H,7-8H2,1-6H3,(H2,17,19). The second-order valence-corrected chi connectivity index (χ2v) is 8.71. The Morgan fingerprint density at radius 1 is 1.41 bits per heavy atom. The molecule has 5 nitrogen and oxygen atoms in total. The van der Waals surface area contributed by atoms with Crippen molar-refractivity contribution in [2.24, 2.45) is 5.73 Å². The van der Waals surface area contributed by atoms with E-state index in [9.17, 15) is 9.90 Å². The summed E-state index contributed by atoms with van der Waals surface area (Å²) < 4.78 is 6.16. The van der Waals surface area contributed by atoms with Gasteiger partial charge in [-0.05, 0) is 47.1 Å². The molecule has 2 rings (SSSR count). The Bertz CT molecular complexity index is 597. The molecule has 1 aromatic heterocycles. The summed E-state index contributed by atoms with van der Waals surface area (Å²) in [5, 5.41) is 13.8. The number of primary amides is 1. The molecular weight excluding hydrogens is 300 g/mol. The number of ether oxygens (including phenoxy) is 1. The quantitative estimate of drug-likeness (QED) is 0.794. The number of hydrogen-bond donors (Lipinski definition) is 3. The average molecular weight is 326 g/mol. The molecule has 0 atom stereocenters. The summed E-state index contributed by atoms with van der Waals surface area (Å²) in [4.78, 5) is 13.0. The van der Waals surface area contributed by atoms with Gasteiger partial charge in [-0.2, -0.15) is 0 Å². The van der Waals surface area contributed by atoms with Gasteiger partial charge in [-0.15, -0.1) is 11.3 Å². The van der Waals surface area contributed by atoms with Gasteiger partial charge in [0, 0.05) is 17.8 Å². The molecule has 124 valence electrons. The zero-order valence-electron chi connectivity index (χ0n) is 14.2. The molecule has 0 aliphatic carbocycles. The van der Waals surface area contributed by atoms with Crippen molar-refractivity contribution in [2.75, 3.05) is 11.9 Å². The van der Waals surface area contributed by atoms with Crippen LogP contribution in [-0.2, 0) is 16.8 Å². The highest BCUT2D eigenvalue weighted by Gasteiger charge is 2.42. The van der Waals surface area contributed by atoms with E-state index in [-0.39, 0.29) is 5.60 Å². The van der Waals surface area contributed by atoms with E-state index in [4.69, 9.17) is 10.5 Å². The van der Waals surface area contributed by atoms with Crippen molar-refractivity contribution in [3.05, 3.63) is 16.0 Å². The van der Waals surface area contributed by atoms with Gasteiger partial charge in [-0.1, -0.05) is 0 Å². The van der Waals surface area contributed by atoms with Crippen LogP contribution in [0.1, 0.15) is 62.3 Å². The maximum Gasteiger partial charge on any atom is 0.251 e. The van der Waals surface area contributed by atoms with Crippen LogP contribution in [-0.4, -0.2) is 28.8 Å². The minimum atomic E-state index is -0.870. The Morgan fingerprint density at radius 2 is 2.00 bits per heavy atom. The molecular formula is C16H26N2O3S. The number of aliphatic hydroxyl groups is 1. The van der Waals surface area contributed by atoms with Crippen LogP contribution in [0, 0.1) is 0 Å². The monoisotopic (exact) mass is 326 g/mol. The largest absolute Gasteiger partial charge is 0.389 e. The molecule has 4 N–H and O–H groups in total. The number of fused-ring (bicyclic) bond motifs is 1. The lowest BCUT2D eigenvalue weighted by atomic mass is 9.86. The first-order chi connectivity index (χ1) is 9.82. The maximum atomic E-state index is 12.0. The van der Waals surface area contributed by atoms with Gasteiger partial charge in [-0.25, -0.2) is 0 Å². The van der Waals surface area contributed by atoms with E-state index in [0.717, 1.165) is 10.4 Å². The van der Waals surface area contributed by atoms with Crippen molar-refractivity contribution in [2.45, 2.75) is 64.8 Å². The van der Waals surface area contributed by atoms with Crippen LogP contribution in [0.5, 0.6) is 0 Å². The molecule has 1 aliphatic heterocycles. The summed E-state index contributed by atoms with van der Waals surface area (Å²) in [7, 11) is 0. The zero-order valence-corrected chi connectivity index (χ0v) is 15.0. The summed E-state index contributed by atoms with van der Waals surface area (Å²) in [6.07, 6.45) is 0.644. The van der Waals surface area contributed by atoms with Crippen molar-refractivity contribution in [1.29, 1.82) is 0 Å². The molecule has 2 heterocycles. The van der Waals surface area contributed by atoms with E-state index >= 15 is 0 Å². The van der Waals surface area contributed by atoms with Crippen molar-refractivity contribution >= 4 is 22.2 Å². The van der Waals surface area contributed by atoms with Gasteiger partial charge in [0.2, 0.25) is 0 Å². The molecule has 0 saturated heterocycles. The summed E-state index contributed by atoms with van der Waals surface area (Å²) in [6.45, 7) is 11.8. The molecule has 6 heteroatoms.